The SMILES string of the molecule is CCC.CCC(C)C(C(CC(=O)N1CCCC1C(OC)C(C)C(=O)NC(C)C(O)c1ccccc1)OC)N(C)C(=O)CN. The lowest BCUT2D eigenvalue weighted by atomic mass is 9.90. The first kappa shape index (κ1) is 38.5. The molecule has 246 valence electrons. The second kappa shape index (κ2) is 19.7. The Morgan fingerprint density at radius 3 is 2.21 bits per heavy atom. The van der Waals surface area contributed by atoms with Crippen LogP contribution in [0.1, 0.15) is 85.3 Å². The number of likely N-dealkylation sites (tertiary alicyclic amines) is 1. The van der Waals surface area contributed by atoms with Crippen LogP contribution in [0.4, 0.5) is 0 Å². The molecule has 0 aliphatic carbocycles. The summed E-state index contributed by atoms with van der Waals surface area (Å²) in [4.78, 5) is 42.7. The molecule has 0 radical (unpaired) electrons. The van der Waals surface area contributed by atoms with Gasteiger partial charge in [0.25, 0.3) is 0 Å². The molecular formula is C33H58N4O6. The zero-order chi connectivity index (χ0) is 32.7. The standard InChI is InChI=1S/C30H50N4O6.C3H8/c1-8-19(2)27(33(5)26(36)18-31)24(39-6)17-25(35)34-16-12-15-23(34)29(40-7)20(3)30(38)32-21(4)28(37)22-13-10-9-11-14-22;1-3-2/h9-11,13-14,19-21,23-24,27-29,37H,8,12,15-18,31H2,1-7H3,(H,32,38);3H2,1-2H3. The molecule has 1 fully saturated rings. The summed E-state index contributed by atoms with van der Waals surface area (Å²) in [6.45, 7) is 12.3. The van der Waals surface area contributed by atoms with Crippen molar-refractivity contribution in [1.29, 1.82) is 0 Å². The van der Waals surface area contributed by atoms with Gasteiger partial charge < -0.3 is 35.4 Å². The minimum absolute atomic E-state index is 0.0938. The normalized spacial score (nSPS) is 19.6. The number of aliphatic hydroxyl groups excluding tert-OH is 1. The molecule has 1 saturated heterocycles. The lowest BCUT2D eigenvalue weighted by Crippen LogP contribution is -2.54. The monoisotopic (exact) mass is 606 g/mol. The van der Waals surface area contributed by atoms with Crippen LogP contribution in [0.3, 0.4) is 0 Å². The molecule has 10 nitrogen and oxygen atoms in total. The van der Waals surface area contributed by atoms with Crippen molar-refractivity contribution < 1.29 is 29.0 Å². The summed E-state index contributed by atoms with van der Waals surface area (Å²) >= 11 is 0. The van der Waals surface area contributed by atoms with E-state index in [1.165, 1.54) is 6.42 Å². The Labute approximate surface area is 259 Å². The molecule has 0 aromatic heterocycles. The average Bonchev–Trinajstić information content (AvgIpc) is 3.50. The highest BCUT2D eigenvalue weighted by Gasteiger charge is 2.42. The predicted octanol–water partition coefficient (Wildman–Crippen LogP) is 3.52. The highest BCUT2D eigenvalue weighted by Crippen LogP contribution is 2.29. The summed E-state index contributed by atoms with van der Waals surface area (Å²) in [6, 6.07) is 8.10. The number of nitrogens with zero attached hydrogens (tertiary/aromatic N) is 2. The van der Waals surface area contributed by atoms with E-state index in [1.807, 2.05) is 44.2 Å². The summed E-state index contributed by atoms with van der Waals surface area (Å²) < 4.78 is 11.6. The van der Waals surface area contributed by atoms with Crippen molar-refractivity contribution in [1.82, 2.24) is 15.1 Å². The van der Waals surface area contributed by atoms with Crippen molar-refractivity contribution in [3.63, 3.8) is 0 Å². The molecule has 43 heavy (non-hydrogen) atoms. The van der Waals surface area contributed by atoms with Gasteiger partial charge in [-0.1, -0.05) is 77.8 Å². The van der Waals surface area contributed by atoms with E-state index in [4.69, 9.17) is 15.2 Å². The summed E-state index contributed by atoms with van der Waals surface area (Å²) in [5.41, 5.74) is 6.35. The number of hydrogen-bond donors (Lipinski definition) is 3. The van der Waals surface area contributed by atoms with Crippen LogP contribution in [0.2, 0.25) is 0 Å². The summed E-state index contributed by atoms with van der Waals surface area (Å²) in [7, 11) is 4.82. The smallest absolute Gasteiger partial charge is 0.236 e. The number of nitrogens with two attached hydrogens (primary N) is 1. The molecule has 1 aliphatic heterocycles. The molecule has 8 unspecified atom stereocenters. The van der Waals surface area contributed by atoms with Gasteiger partial charge in [-0.05, 0) is 31.2 Å². The highest BCUT2D eigenvalue weighted by atomic mass is 16.5. The van der Waals surface area contributed by atoms with Gasteiger partial charge in [0.05, 0.1) is 55.3 Å². The van der Waals surface area contributed by atoms with Crippen molar-refractivity contribution in [3.05, 3.63) is 35.9 Å². The van der Waals surface area contributed by atoms with E-state index in [2.05, 4.69) is 19.2 Å². The maximum Gasteiger partial charge on any atom is 0.236 e. The van der Waals surface area contributed by atoms with Crippen LogP contribution in [0.25, 0.3) is 0 Å². The van der Waals surface area contributed by atoms with Crippen molar-refractivity contribution in [3.8, 4) is 0 Å². The zero-order valence-electron chi connectivity index (χ0n) is 27.9. The Bertz CT molecular complexity index is 964. The Kier molecular flexibility index (Phi) is 17.6. The number of amides is 3. The Balaban J connectivity index is 0.00000295. The molecule has 4 N–H and O–H groups in total. The van der Waals surface area contributed by atoms with E-state index >= 15 is 0 Å². The third-order valence-electron chi connectivity index (χ3n) is 8.46. The molecule has 8 atom stereocenters. The number of methoxy groups -OCH3 is 2. The molecular weight excluding hydrogens is 548 g/mol. The molecule has 0 bridgehead atoms. The van der Waals surface area contributed by atoms with Gasteiger partial charge in [0.2, 0.25) is 17.7 Å². The van der Waals surface area contributed by atoms with Crippen molar-refractivity contribution >= 4 is 17.7 Å². The maximum absolute atomic E-state index is 13.7. The Hall–Kier alpha value is -2.53. The van der Waals surface area contributed by atoms with Gasteiger partial charge in [-0.3, -0.25) is 14.4 Å². The van der Waals surface area contributed by atoms with Gasteiger partial charge in [0.1, 0.15) is 0 Å². The second-order valence-corrected chi connectivity index (χ2v) is 11.7. The molecule has 1 aromatic rings. The third-order valence-corrected chi connectivity index (χ3v) is 8.46. The van der Waals surface area contributed by atoms with Gasteiger partial charge in [-0.15, -0.1) is 0 Å². The predicted molar refractivity (Wildman–Crippen MR) is 170 cm³/mol. The van der Waals surface area contributed by atoms with Gasteiger partial charge in [0.15, 0.2) is 0 Å². The molecule has 10 heteroatoms. The first-order chi connectivity index (χ1) is 20.4. The van der Waals surface area contributed by atoms with Crippen LogP contribution in [-0.4, -0.2) is 97.3 Å². The van der Waals surface area contributed by atoms with Crippen LogP contribution in [0.15, 0.2) is 30.3 Å². The fraction of sp³-hybridized carbons (Fsp3) is 0.727. The number of carbonyl (C=O) groups excluding carboxylic acids is 3. The molecule has 1 aliphatic rings. The lowest BCUT2D eigenvalue weighted by Gasteiger charge is -2.39. The Morgan fingerprint density at radius 1 is 1.09 bits per heavy atom. The quantitative estimate of drug-likeness (QED) is 0.278. The van der Waals surface area contributed by atoms with E-state index in [0.717, 1.165) is 18.4 Å². The fourth-order valence-electron chi connectivity index (χ4n) is 5.84. The van der Waals surface area contributed by atoms with Gasteiger partial charge in [-0.2, -0.15) is 0 Å². The van der Waals surface area contributed by atoms with Crippen LogP contribution in [-0.2, 0) is 23.9 Å². The Morgan fingerprint density at radius 2 is 1.70 bits per heavy atom. The van der Waals surface area contributed by atoms with E-state index in [9.17, 15) is 19.5 Å². The topological polar surface area (TPSA) is 134 Å². The molecule has 3 amide bonds. The van der Waals surface area contributed by atoms with Crippen LogP contribution < -0.4 is 11.1 Å². The largest absolute Gasteiger partial charge is 0.386 e. The first-order valence-corrected chi connectivity index (χ1v) is 15.8. The number of rotatable bonds is 15. The minimum atomic E-state index is -0.850. The number of carbonyl (C=O) groups is 3. The van der Waals surface area contributed by atoms with Crippen LogP contribution in [0, 0.1) is 11.8 Å². The lowest BCUT2D eigenvalue weighted by molar-refractivity contribution is -0.145. The molecule has 2 rings (SSSR count). The number of nitrogens with one attached hydrogen (secondary N) is 1. The highest BCUT2D eigenvalue weighted by molar-refractivity contribution is 5.81. The van der Waals surface area contributed by atoms with Crippen LogP contribution >= 0.6 is 0 Å². The summed E-state index contributed by atoms with van der Waals surface area (Å²) in [5, 5.41) is 13.6. The van der Waals surface area contributed by atoms with Gasteiger partial charge in [-0.25, -0.2) is 0 Å². The molecule has 1 aromatic carbocycles. The number of benzene rings is 1. The van der Waals surface area contributed by atoms with Crippen molar-refractivity contribution in [2.24, 2.45) is 17.6 Å². The third kappa shape index (κ3) is 10.8. The van der Waals surface area contributed by atoms with Crippen molar-refractivity contribution in [2.75, 3.05) is 34.4 Å². The number of ether oxygens (including phenoxy) is 2. The van der Waals surface area contributed by atoms with Gasteiger partial charge in [0, 0.05) is 27.8 Å². The minimum Gasteiger partial charge on any atom is -0.386 e. The first-order valence-electron chi connectivity index (χ1n) is 15.8. The molecule has 0 saturated carbocycles. The number of hydrogen-bond acceptors (Lipinski definition) is 7. The zero-order valence-corrected chi connectivity index (χ0v) is 27.9. The maximum atomic E-state index is 13.7. The summed E-state index contributed by atoms with van der Waals surface area (Å²) in [5.74, 6) is -1.02. The van der Waals surface area contributed by atoms with Crippen molar-refractivity contribution in [2.45, 2.75) is 110 Å². The van der Waals surface area contributed by atoms with E-state index < -0.39 is 30.3 Å². The molecule has 1 heterocycles. The van der Waals surface area contributed by atoms with E-state index in [0.29, 0.717) is 13.0 Å². The molecule has 0 spiro atoms. The van der Waals surface area contributed by atoms with E-state index in [-0.39, 0.29) is 48.7 Å². The van der Waals surface area contributed by atoms with E-state index in [1.54, 1.807) is 44.9 Å². The fourth-order valence-corrected chi connectivity index (χ4v) is 5.84. The second-order valence-electron chi connectivity index (χ2n) is 11.7. The van der Waals surface area contributed by atoms with Gasteiger partial charge >= 0.3 is 0 Å². The number of aliphatic hydroxyl groups is 1. The average molecular weight is 607 g/mol. The summed E-state index contributed by atoms with van der Waals surface area (Å²) in [6.07, 6.45) is 1.78. The van der Waals surface area contributed by atoms with Crippen LogP contribution in [0.5, 0.6) is 0 Å². The number of likely N-dealkylation sites (N-methyl/N-ethyl adjacent to an activating group) is 1.